The Balaban J connectivity index is 1.64. The summed E-state index contributed by atoms with van der Waals surface area (Å²) in [5, 5.41) is 10.4. The molecule has 1 unspecified atom stereocenters. The van der Waals surface area contributed by atoms with Crippen LogP contribution in [0.5, 0.6) is 0 Å². The molecule has 0 bridgehead atoms. The standard InChI is InChI=1S/C33H28F3N3O3S/c1-19-6-9-23(20(2)16-19)29(39-15-13-25(33(34,35)36)24(18-37)30(39)40)28-11-10-27(43-28)22-8-7-21-12-14-38(26(21)17-22)31(41)42-32(3,4)5/h6-17,29H,1-5H3. The number of nitriles is 1. The Morgan fingerprint density at radius 3 is 2.37 bits per heavy atom. The molecule has 0 N–H and O–H groups in total. The maximum absolute atomic E-state index is 13.6. The molecular formula is C33H28F3N3O3S. The Hall–Kier alpha value is -4.62. The van der Waals surface area contributed by atoms with Gasteiger partial charge in [0.1, 0.15) is 17.2 Å². The van der Waals surface area contributed by atoms with Gasteiger partial charge in [-0.05, 0) is 81.6 Å². The number of benzene rings is 2. The van der Waals surface area contributed by atoms with Crippen molar-refractivity contribution in [2.24, 2.45) is 0 Å². The van der Waals surface area contributed by atoms with E-state index in [2.05, 4.69) is 0 Å². The van der Waals surface area contributed by atoms with Crippen LogP contribution in [0.25, 0.3) is 21.3 Å². The molecule has 3 heterocycles. The zero-order valence-corrected chi connectivity index (χ0v) is 24.9. The molecule has 0 fully saturated rings. The van der Waals surface area contributed by atoms with E-state index in [0.29, 0.717) is 10.4 Å². The molecule has 0 amide bonds. The number of rotatable bonds is 4. The lowest BCUT2D eigenvalue weighted by Gasteiger charge is -2.23. The summed E-state index contributed by atoms with van der Waals surface area (Å²) in [6.45, 7) is 9.19. The van der Waals surface area contributed by atoms with Gasteiger partial charge in [0.15, 0.2) is 0 Å². The summed E-state index contributed by atoms with van der Waals surface area (Å²) in [5.74, 6) is 0. The zero-order valence-electron chi connectivity index (χ0n) is 24.1. The van der Waals surface area contributed by atoms with Crippen molar-refractivity contribution in [1.29, 1.82) is 5.26 Å². The topological polar surface area (TPSA) is 77.0 Å². The second-order valence-corrected chi connectivity index (χ2v) is 12.4. The fourth-order valence-electron chi connectivity index (χ4n) is 5.08. The van der Waals surface area contributed by atoms with E-state index in [1.807, 2.05) is 68.4 Å². The molecule has 0 aliphatic heterocycles. The van der Waals surface area contributed by atoms with Crippen LogP contribution in [0.1, 0.15) is 59.5 Å². The van der Waals surface area contributed by atoms with Crippen molar-refractivity contribution in [3.8, 4) is 16.5 Å². The highest BCUT2D eigenvalue weighted by atomic mass is 32.1. The maximum Gasteiger partial charge on any atom is 0.418 e. The Bertz CT molecular complexity index is 1970. The number of fused-ring (bicyclic) bond motifs is 1. The maximum atomic E-state index is 13.6. The first-order valence-corrected chi connectivity index (χ1v) is 14.2. The molecular weight excluding hydrogens is 575 g/mol. The summed E-state index contributed by atoms with van der Waals surface area (Å²) >= 11 is 1.37. The van der Waals surface area contributed by atoms with Crippen LogP contribution in [0, 0.1) is 25.2 Å². The first kappa shape index (κ1) is 29.9. The third kappa shape index (κ3) is 5.86. The van der Waals surface area contributed by atoms with Crippen molar-refractivity contribution >= 4 is 28.3 Å². The van der Waals surface area contributed by atoms with Crippen molar-refractivity contribution < 1.29 is 22.7 Å². The predicted octanol–water partition coefficient (Wildman–Crippen LogP) is 8.46. The van der Waals surface area contributed by atoms with Gasteiger partial charge in [-0.25, -0.2) is 4.79 Å². The SMILES string of the molecule is Cc1ccc(C(c2ccc(-c3ccc4ccn(C(=O)OC(C)(C)C)c4c3)s2)n2ccc(C(F)(F)F)c(C#N)c2=O)c(C)c1. The van der Waals surface area contributed by atoms with Gasteiger partial charge >= 0.3 is 12.3 Å². The number of carbonyl (C=O) groups is 1. The molecule has 0 saturated carbocycles. The number of nitrogens with zero attached hydrogens (tertiary/aromatic N) is 3. The van der Waals surface area contributed by atoms with E-state index in [9.17, 15) is 28.0 Å². The molecule has 0 aliphatic carbocycles. The number of carbonyl (C=O) groups excluding carboxylic acids is 1. The monoisotopic (exact) mass is 603 g/mol. The number of hydrogen-bond acceptors (Lipinski definition) is 5. The molecule has 10 heteroatoms. The highest BCUT2D eigenvalue weighted by molar-refractivity contribution is 7.15. The van der Waals surface area contributed by atoms with Crippen LogP contribution in [0.4, 0.5) is 18.0 Å². The molecule has 0 aliphatic rings. The predicted molar refractivity (Wildman–Crippen MR) is 160 cm³/mol. The number of alkyl halides is 3. The summed E-state index contributed by atoms with van der Waals surface area (Å²) in [5.41, 5.74) is 0.132. The minimum absolute atomic E-state index is 0.503. The van der Waals surface area contributed by atoms with Gasteiger partial charge in [0.25, 0.3) is 5.56 Å². The van der Waals surface area contributed by atoms with Gasteiger partial charge in [0.2, 0.25) is 0 Å². The van der Waals surface area contributed by atoms with Gasteiger partial charge in [-0.1, -0.05) is 35.9 Å². The van der Waals surface area contributed by atoms with Gasteiger partial charge < -0.3 is 9.30 Å². The molecule has 1 atom stereocenters. The summed E-state index contributed by atoms with van der Waals surface area (Å²) in [7, 11) is 0. The van der Waals surface area contributed by atoms with Crippen molar-refractivity contribution in [3.63, 3.8) is 0 Å². The van der Waals surface area contributed by atoms with Gasteiger partial charge in [-0.3, -0.25) is 9.36 Å². The van der Waals surface area contributed by atoms with E-state index in [0.717, 1.165) is 44.8 Å². The van der Waals surface area contributed by atoms with Gasteiger partial charge in [-0.2, -0.15) is 18.4 Å². The molecule has 220 valence electrons. The molecule has 0 spiro atoms. The number of thiophene rings is 1. The fourth-order valence-corrected chi connectivity index (χ4v) is 6.20. The average Bonchev–Trinajstić information content (AvgIpc) is 3.56. The van der Waals surface area contributed by atoms with Crippen molar-refractivity contribution in [3.05, 3.63) is 116 Å². The number of pyridine rings is 1. The quantitative estimate of drug-likeness (QED) is 0.207. The average molecular weight is 604 g/mol. The van der Waals surface area contributed by atoms with Crippen LogP contribution in [-0.2, 0) is 10.9 Å². The first-order chi connectivity index (χ1) is 20.2. The first-order valence-electron chi connectivity index (χ1n) is 13.4. The summed E-state index contributed by atoms with van der Waals surface area (Å²) < 4.78 is 49.0. The Morgan fingerprint density at radius 2 is 1.72 bits per heavy atom. The number of aromatic nitrogens is 2. The minimum atomic E-state index is -4.84. The van der Waals surface area contributed by atoms with E-state index in [1.54, 1.807) is 27.0 Å². The van der Waals surface area contributed by atoms with Gasteiger partial charge in [0.05, 0.1) is 17.1 Å². The minimum Gasteiger partial charge on any atom is -0.443 e. The van der Waals surface area contributed by atoms with E-state index in [4.69, 9.17) is 4.74 Å². The summed E-state index contributed by atoms with van der Waals surface area (Å²) in [6.07, 6.45) is -2.58. The lowest BCUT2D eigenvalue weighted by Crippen LogP contribution is -2.30. The van der Waals surface area contributed by atoms with E-state index in [-0.39, 0.29) is 0 Å². The summed E-state index contributed by atoms with van der Waals surface area (Å²) in [6, 6.07) is 18.4. The fraction of sp³-hybridized carbons (Fsp3) is 0.242. The molecule has 2 aromatic carbocycles. The zero-order chi connectivity index (χ0) is 31.3. The van der Waals surface area contributed by atoms with Crippen LogP contribution in [0.15, 0.2) is 77.9 Å². The molecule has 5 rings (SSSR count). The molecule has 43 heavy (non-hydrogen) atoms. The number of hydrogen-bond donors (Lipinski definition) is 0. The van der Waals surface area contributed by atoms with Crippen LogP contribution in [-0.4, -0.2) is 20.8 Å². The van der Waals surface area contributed by atoms with Crippen LogP contribution in [0.2, 0.25) is 0 Å². The molecule has 0 radical (unpaired) electrons. The van der Waals surface area contributed by atoms with Gasteiger partial charge in [0, 0.05) is 27.5 Å². The number of ether oxygens (including phenoxy) is 1. The van der Waals surface area contributed by atoms with Crippen molar-refractivity contribution in [2.45, 2.75) is 52.4 Å². The smallest absolute Gasteiger partial charge is 0.418 e. The van der Waals surface area contributed by atoms with E-state index in [1.165, 1.54) is 26.5 Å². The third-order valence-electron chi connectivity index (χ3n) is 7.00. The second kappa shape index (κ2) is 10.9. The number of halogens is 3. The van der Waals surface area contributed by atoms with Crippen LogP contribution >= 0.6 is 11.3 Å². The molecule has 5 aromatic rings. The van der Waals surface area contributed by atoms with Gasteiger partial charge in [-0.15, -0.1) is 11.3 Å². The Morgan fingerprint density at radius 1 is 0.977 bits per heavy atom. The van der Waals surface area contributed by atoms with Crippen LogP contribution < -0.4 is 5.56 Å². The lowest BCUT2D eigenvalue weighted by atomic mass is 9.97. The van der Waals surface area contributed by atoms with Crippen LogP contribution in [0.3, 0.4) is 0 Å². The molecule has 6 nitrogen and oxygen atoms in total. The normalized spacial score (nSPS) is 12.7. The van der Waals surface area contributed by atoms with E-state index >= 15 is 0 Å². The largest absolute Gasteiger partial charge is 0.443 e. The van der Waals surface area contributed by atoms with E-state index < -0.39 is 40.6 Å². The van der Waals surface area contributed by atoms with Crippen molar-refractivity contribution in [1.82, 2.24) is 9.13 Å². The highest BCUT2D eigenvalue weighted by Crippen LogP contribution is 2.39. The Kier molecular flexibility index (Phi) is 7.57. The number of aryl methyl sites for hydroxylation is 2. The van der Waals surface area contributed by atoms with Crippen molar-refractivity contribution in [2.75, 3.05) is 0 Å². The highest BCUT2D eigenvalue weighted by Gasteiger charge is 2.36. The Labute approximate surface area is 250 Å². The third-order valence-corrected chi connectivity index (χ3v) is 8.19. The lowest BCUT2D eigenvalue weighted by molar-refractivity contribution is -0.138. The molecule has 3 aromatic heterocycles. The molecule has 0 saturated heterocycles. The second-order valence-electron chi connectivity index (χ2n) is 11.3. The summed E-state index contributed by atoms with van der Waals surface area (Å²) in [4.78, 5) is 27.8.